The summed E-state index contributed by atoms with van der Waals surface area (Å²) in [6.07, 6.45) is 1.79. The van der Waals surface area contributed by atoms with E-state index < -0.39 is 0 Å². The molecule has 0 aliphatic heterocycles. The van der Waals surface area contributed by atoms with E-state index >= 15 is 0 Å². The van der Waals surface area contributed by atoms with E-state index in [9.17, 15) is 4.79 Å². The van der Waals surface area contributed by atoms with Crippen LogP contribution in [0.15, 0.2) is 6.20 Å². The zero-order valence-corrected chi connectivity index (χ0v) is 10.4. The lowest BCUT2D eigenvalue weighted by Gasteiger charge is -2.13. The van der Waals surface area contributed by atoms with Gasteiger partial charge in [0.25, 0.3) is 0 Å². The highest BCUT2D eigenvalue weighted by Crippen LogP contribution is 2.15. The van der Waals surface area contributed by atoms with Crippen LogP contribution in [0.1, 0.15) is 19.5 Å². The van der Waals surface area contributed by atoms with Gasteiger partial charge in [0.1, 0.15) is 0 Å². The average Bonchev–Trinajstić information content (AvgIpc) is 2.43. The number of aryl methyl sites for hydroxylation is 2. The number of nitrogens with one attached hydrogen (secondary N) is 1. The summed E-state index contributed by atoms with van der Waals surface area (Å²) in [5, 5.41) is 6.67. The Hall–Kier alpha value is -0.970. The number of amides is 1. The molecule has 84 valence electrons. The van der Waals surface area contributed by atoms with E-state index in [0.717, 1.165) is 11.4 Å². The summed E-state index contributed by atoms with van der Waals surface area (Å²) in [4.78, 5) is 11.7. The first-order chi connectivity index (χ1) is 6.91. The number of rotatable bonds is 3. The first-order valence-electron chi connectivity index (χ1n) is 4.91. The van der Waals surface area contributed by atoms with Crippen molar-refractivity contribution in [1.82, 2.24) is 9.78 Å². The molecule has 0 saturated heterocycles. The quantitative estimate of drug-likeness (QED) is 0.771. The van der Waals surface area contributed by atoms with Crippen molar-refractivity contribution in [3.8, 4) is 0 Å². The predicted octanol–water partition coefficient (Wildman–Crippen LogP) is 1.62. The van der Waals surface area contributed by atoms with E-state index in [1.807, 2.05) is 27.8 Å². The molecule has 1 unspecified atom stereocenters. The van der Waals surface area contributed by atoms with Gasteiger partial charge in [0.2, 0.25) is 5.91 Å². The zero-order chi connectivity index (χ0) is 11.6. The third-order valence-corrected chi connectivity index (χ3v) is 3.00. The number of hydrogen-bond acceptors (Lipinski definition) is 3. The van der Waals surface area contributed by atoms with Crippen LogP contribution in [0.25, 0.3) is 0 Å². The second-order valence-corrected chi connectivity index (χ2v) is 4.54. The van der Waals surface area contributed by atoms with Crippen molar-refractivity contribution in [3.63, 3.8) is 0 Å². The minimum absolute atomic E-state index is 0.0792. The minimum atomic E-state index is -0.287. The summed E-state index contributed by atoms with van der Waals surface area (Å²) in [6, 6.07) is 0. The van der Waals surface area contributed by atoms with Gasteiger partial charge in [0.05, 0.1) is 16.6 Å². The molecule has 0 aliphatic carbocycles. The lowest BCUT2D eigenvalue weighted by Crippen LogP contribution is -2.27. The third kappa shape index (κ3) is 2.99. The summed E-state index contributed by atoms with van der Waals surface area (Å²) < 4.78 is 1.67. The molecule has 1 atom stereocenters. The monoisotopic (exact) mass is 227 g/mol. The first-order valence-corrected chi connectivity index (χ1v) is 5.42. The Bertz CT molecular complexity index is 360. The molecule has 0 aliphatic rings. The molecule has 1 heterocycles. The van der Waals surface area contributed by atoms with Gasteiger partial charge in [-0.15, -0.1) is 0 Å². The normalized spacial score (nSPS) is 12.9. The van der Waals surface area contributed by atoms with Crippen molar-refractivity contribution in [2.24, 2.45) is 13.0 Å². The van der Waals surface area contributed by atoms with Crippen LogP contribution in [0.4, 0.5) is 5.69 Å². The topological polar surface area (TPSA) is 46.9 Å². The van der Waals surface area contributed by atoms with Crippen LogP contribution in [0.5, 0.6) is 0 Å². The van der Waals surface area contributed by atoms with Gasteiger partial charge >= 0.3 is 0 Å². The maximum Gasteiger partial charge on any atom is 0.237 e. The number of anilines is 1. The van der Waals surface area contributed by atoms with Gasteiger partial charge in [0.15, 0.2) is 0 Å². The van der Waals surface area contributed by atoms with Gasteiger partial charge in [-0.25, -0.2) is 0 Å². The standard InChI is InChI=1S/C10H17N3OS/c1-6(2)9(15)10(14)11-8-5-13(4)12-7(8)3/h5-6,9,15H,1-4H3,(H,11,14). The Kier molecular flexibility index (Phi) is 3.79. The summed E-state index contributed by atoms with van der Waals surface area (Å²) >= 11 is 4.25. The van der Waals surface area contributed by atoms with Gasteiger partial charge in [0, 0.05) is 13.2 Å². The molecule has 0 aromatic carbocycles. The number of carbonyl (C=O) groups is 1. The second-order valence-electron chi connectivity index (χ2n) is 3.98. The average molecular weight is 227 g/mol. The van der Waals surface area contributed by atoms with Crippen LogP contribution in [0.3, 0.4) is 0 Å². The fourth-order valence-corrected chi connectivity index (χ4v) is 1.30. The third-order valence-electron chi connectivity index (χ3n) is 2.17. The molecule has 1 N–H and O–H groups in total. The highest BCUT2D eigenvalue weighted by molar-refractivity contribution is 7.81. The van der Waals surface area contributed by atoms with Gasteiger partial charge in [-0.05, 0) is 12.8 Å². The van der Waals surface area contributed by atoms with E-state index in [1.165, 1.54) is 0 Å². The van der Waals surface area contributed by atoms with Crippen molar-refractivity contribution in [2.75, 3.05) is 5.32 Å². The van der Waals surface area contributed by atoms with Crippen LogP contribution >= 0.6 is 12.6 Å². The zero-order valence-electron chi connectivity index (χ0n) is 9.48. The predicted molar refractivity (Wildman–Crippen MR) is 64.2 cm³/mol. The fourth-order valence-electron chi connectivity index (χ4n) is 1.23. The highest BCUT2D eigenvalue weighted by atomic mass is 32.1. The maximum atomic E-state index is 11.7. The second kappa shape index (κ2) is 4.70. The van der Waals surface area contributed by atoms with Crippen LogP contribution in [-0.4, -0.2) is 20.9 Å². The summed E-state index contributed by atoms with van der Waals surface area (Å²) in [5.41, 5.74) is 1.57. The lowest BCUT2D eigenvalue weighted by atomic mass is 10.1. The molecular weight excluding hydrogens is 210 g/mol. The van der Waals surface area contributed by atoms with E-state index in [-0.39, 0.29) is 17.1 Å². The summed E-state index contributed by atoms with van der Waals surface area (Å²) in [7, 11) is 1.82. The van der Waals surface area contributed by atoms with Gasteiger partial charge < -0.3 is 5.32 Å². The molecule has 0 radical (unpaired) electrons. The number of nitrogens with zero attached hydrogens (tertiary/aromatic N) is 2. The molecule has 0 spiro atoms. The number of carbonyl (C=O) groups excluding carboxylic acids is 1. The molecule has 0 saturated carbocycles. The molecule has 1 aromatic rings. The van der Waals surface area contributed by atoms with Crippen LogP contribution < -0.4 is 5.32 Å². The first kappa shape index (κ1) is 12.1. The minimum Gasteiger partial charge on any atom is -0.322 e. The summed E-state index contributed by atoms with van der Waals surface area (Å²) in [5.74, 6) is 0.134. The molecule has 5 heteroatoms. The van der Waals surface area contributed by atoms with E-state index in [1.54, 1.807) is 10.9 Å². The SMILES string of the molecule is Cc1nn(C)cc1NC(=O)C(S)C(C)C. The van der Waals surface area contributed by atoms with Crippen LogP contribution in [0.2, 0.25) is 0 Å². The van der Waals surface area contributed by atoms with E-state index in [0.29, 0.717) is 0 Å². The molecule has 0 fully saturated rings. The molecule has 1 rings (SSSR count). The number of aromatic nitrogens is 2. The molecule has 4 nitrogen and oxygen atoms in total. The molecule has 1 amide bonds. The Balaban J connectivity index is 2.70. The van der Waals surface area contributed by atoms with Crippen molar-refractivity contribution in [2.45, 2.75) is 26.0 Å². The van der Waals surface area contributed by atoms with E-state index in [2.05, 4.69) is 23.0 Å². The number of hydrogen-bond donors (Lipinski definition) is 2. The maximum absolute atomic E-state index is 11.7. The van der Waals surface area contributed by atoms with Crippen molar-refractivity contribution >= 4 is 24.2 Å². The highest BCUT2D eigenvalue weighted by Gasteiger charge is 2.18. The van der Waals surface area contributed by atoms with Crippen molar-refractivity contribution in [1.29, 1.82) is 0 Å². The Labute approximate surface area is 95.5 Å². The molecule has 15 heavy (non-hydrogen) atoms. The smallest absolute Gasteiger partial charge is 0.237 e. The Morgan fingerprint density at radius 3 is 2.60 bits per heavy atom. The van der Waals surface area contributed by atoms with Crippen molar-refractivity contribution < 1.29 is 4.79 Å². The van der Waals surface area contributed by atoms with Gasteiger partial charge in [-0.1, -0.05) is 13.8 Å². The van der Waals surface area contributed by atoms with Crippen LogP contribution in [-0.2, 0) is 11.8 Å². The van der Waals surface area contributed by atoms with Gasteiger partial charge in [-0.2, -0.15) is 17.7 Å². The number of thiol groups is 1. The van der Waals surface area contributed by atoms with Crippen LogP contribution in [0, 0.1) is 12.8 Å². The molecular formula is C10H17N3OS. The summed E-state index contributed by atoms with van der Waals surface area (Å²) in [6.45, 7) is 5.79. The van der Waals surface area contributed by atoms with Gasteiger partial charge in [-0.3, -0.25) is 9.48 Å². The van der Waals surface area contributed by atoms with E-state index in [4.69, 9.17) is 0 Å². The molecule has 1 aromatic heterocycles. The lowest BCUT2D eigenvalue weighted by molar-refractivity contribution is -0.116. The molecule has 0 bridgehead atoms. The van der Waals surface area contributed by atoms with Crippen molar-refractivity contribution in [3.05, 3.63) is 11.9 Å². The Morgan fingerprint density at radius 1 is 1.60 bits per heavy atom. The fraction of sp³-hybridized carbons (Fsp3) is 0.600. The Morgan fingerprint density at radius 2 is 2.20 bits per heavy atom. The largest absolute Gasteiger partial charge is 0.322 e.